The Balaban J connectivity index is 2.96. The van der Waals surface area contributed by atoms with Gasteiger partial charge < -0.3 is 5.73 Å². The summed E-state index contributed by atoms with van der Waals surface area (Å²) in [4.78, 5) is 0. The molecule has 0 aliphatic carbocycles. The molecule has 2 N–H and O–H groups in total. The smallest absolute Gasteiger partial charge is 0.282 e. The first-order chi connectivity index (χ1) is 8.82. The number of halogens is 1. The summed E-state index contributed by atoms with van der Waals surface area (Å²) >= 11 is 6.05. The minimum absolute atomic E-state index is 0.197. The Morgan fingerprint density at radius 2 is 1.84 bits per heavy atom. The maximum Gasteiger partial charge on any atom is 0.282 e. The largest absolute Gasteiger partial charge is 0.399 e. The normalized spacial score (nSPS) is 12.3. The molecule has 108 valence electrons. The summed E-state index contributed by atoms with van der Waals surface area (Å²) in [7, 11) is -1.93. The first-order valence-corrected chi connectivity index (χ1v) is 7.85. The third-order valence-electron chi connectivity index (χ3n) is 2.89. The molecule has 0 aliphatic heterocycles. The molecule has 1 rings (SSSR count). The summed E-state index contributed by atoms with van der Waals surface area (Å²) in [6.45, 7) is 4.69. The lowest BCUT2D eigenvalue weighted by molar-refractivity contribution is 0.375. The Kier molecular flexibility index (Phi) is 5.61. The van der Waals surface area contributed by atoms with Crippen LogP contribution in [0.4, 0.5) is 5.69 Å². The zero-order valence-electron chi connectivity index (χ0n) is 11.4. The van der Waals surface area contributed by atoms with Gasteiger partial charge in [-0.05, 0) is 23.8 Å². The van der Waals surface area contributed by atoms with Crippen LogP contribution < -0.4 is 5.73 Å². The number of hydrogen-bond acceptors (Lipinski definition) is 3. The minimum atomic E-state index is -3.46. The van der Waals surface area contributed by atoms with Crippen molar-refractivity contribution in [2.24, 2.45) is 0 Å². The molecule has 0 atom stereocenters. The van der Waals surface area contributed by atoms with Crippen LogP contribution in [0.2, 0.25) is 5.02 Å². The number of nitrogens with two attached hydrogens (primary N) is 1. The highest BCUT2D eigenvalue weighted by Crippen LogP contribution is 2.21. The minimum Gasteiger partial charge on any atom is -0.399 e. The average molecular weight is 306 g/mol. The van der Waals surface area contributed by atoms with Crippen molar-refractivity contribution in [3.8, 4) is 0 Å². The lowest BCUT2D eigenvalue weighted by atomic mass is 10.2. The van der Waals surface area contributed by atoms with E-state index in [9.17, 15) is 8.42 Å². The zero-order valence-corrected chi connectivity index (χ0v) is 13.0. The molecule has 0 saturated carbocycles. The maximum atomic E-state index is 12.3. The van der Waals surface area contributed by atoms with Crippen LogP contribution in [0.15, 0.2) is 18.2 Å². The van der Waals surface area contributed by atoms with Gasteiger partial charge in [0.05, 0.1) is 0 Å². The second kappa shape index (κ2) is 6.56. The van der Waals surface area contributed by atoms with Gasteiger partial charge in [-0.2, -0.15) is 17.0 Å². The monoisotopic (exact) mass is 305 g/mol. The summed E-state index contributed by atoms with van der Waals surface area (Å²) in [5, 5.41) is 0.510. The van der Waals surface area contributed by atoms with Crippen molar-refractivity contribution < 1.29 is 8.42 Å². The van der Waals surface area contributed by atoms with Crippen molar-refractivity contribution >= 4 is 27.5 Å². The number of anilines is 1. The van der Waals surface area contributed by atoms with Gasteiger partial charge in [0.15, 0.2) is 0 Å². The van der Waals surface area contributed by atoms with E-state index in [0.717, 1.165) is 0 Å². The van der Waals surface area contributed by atoms with Crippen LogP contribution >= 0.6 is 11.6 Å². The quantitative estimate of drug-likeness (QED) is 0.817. The number of nitrogens with zero attached hydrogens (tertiary/aromatic N) is 2. The fourth-order valence-electron chi connectivity index (χ4n) is 1.78. The van der Waals surface area contributed by atoms with Gasteiger partial charge in [-0.25, -0.2) is 0 Å². The van der Waals surface area contributed by atoms with E-state index in [-0.39, 0.29) is 6.54 Å². The van der Waals surface area contributed by atoms with Gasteiger partial charge >= 0.3 is 0 Å². The molecule has 0 radical (unpaired) electrons. The molecule has 5 nitrogen and oxygen atoms in total. The highest BCUT2D eigenvalue weighted by Gasteiger charge is 2.24. The van der Waals surface area contributed by atoms with Gasteiger partial charge in [0.2, 0.25) is 0 Å². The molecule has 0 aromatic heterocycles. The summed E-state index contributed by atoms with van der Waals surface area (Å²) in [5.74, 6) is 0. The molecule has 0 amide bonds. The molecule has 0 fully saturated rings. The van der Waals surface area contributed by atoms with Gasteiger partial charge in [-0.15, -0.1) is 0 Å². The molecular weight excluding hydrogens is 286 g/mol. The van der Waals surface area contributed by atoms with E-state index < -0.39 is 10.2 Å². The fraction of sp³-hybridized carbons (Fsp3) is 0.500. The summed E-state index contributed by atoms with van der Waals surface area (Å²) in [6.07, 6.45) is 0. The van der Waals surface area contributed by atoms with Crippen LogP contribution in [-0.2, 0) is 16.8 Å². The van der Waals surface area contributed by atoms with Gasteiger partial charge in [0, 0.05) is 37.4 Å². The van der Waals surface area contributed by atoms with Crippen LogP contribution in [0.3, 0.4) is 0 Å². The fourth-order valence-corrected chi connectivity index (χ4v) is 3.31. The maximum absolute atomic E-state index is 12.3. The number of rotatable bonds is 6. The molecule has 0 aliphatic rings. The van der Waals surface area contributed by atoms with E-state index >= 15 is 0 Å². The second-order valence-electron chi connectivity index (χ2n) is 4.20. The van der Waals surface area contributed by atoms with Gasteiger partial charge in [-0.3, -0.25) is 0 Å². The van der Waals surface area contributed by atoms with Crippen molar-refractivity contribution in [3.63, 3.8) is 0 Å². The molecule has 1 aromatic rings. The van der Waals surface area contributed by atoms with E-state index in [1.54, 1.807) is 18.2 Å². The van der Waals surface area contributed by atoms with Gasteiger partial charge in [0.25, 0.3) is 10.2 Å². The van der Waals surface area contributed by atoms with E-state index in [0.29, 0.717) is 29.4 Å². The third-order valence-corrected chi connectivity index (χ3v) is 5.34. The molecule has 0 spiro atoms. The Bertz CT molecular complexity index is 530. The number of nitrogen functional groups attached to an aromatic ring is 1. The van der Waals surface area contributed by atoms with Crippen LogP contribution in [0.5, 0.6) is 0 Å². The Morgan fingerprint density at radius 1 is 1.26 bits per heavy atom. The van der Waals surface area contributed by atoms with Crippen LogP contribution in [0.25, 0.3) is 0 Å². The lowest BCUT2D eigenvalue weighted by Crippen LogP contribution is -2.41. The third kappa shape index (κ3) is 3.82. The number of hydrogen-bond donors (Lipinski definition) is 1. The van der Waals surface area contributed by atoms with E-state index in [1.807, 2.05) is 13.8 Å². The molecule has 0 unspecified atom stereocenters. The lowest BCUT2D eigenvalue weighted by Gasteiger charge is -2.25. The zero-order chi connectivity index (χ0) is 14.6. The van der Waals surface area contributed by atoms with Gasteiger partial charge in [-0.1, -0.05) is 25.4 Å². The Morgan fingerprint density at radius 3 is 2.37 bits per heavy atom. The molecule has 0 bridgehead atoms. The molecule has 0 saturated heterocycles. The summed E-state index contributed by atoms with van der Waals surface area (Å²) in [5.41, 5.74) is 6.94. The first-order valence-electron chi connectivity index (χ1n) is 6.08. The summed E-state index contributed by atoms with van der Waals surface area (Å²) < 4.78 is 27.2. The predicted octanol–water partition coefficient (Wildman–Crippen LogP) is 1.94. The second-order valence-corrected chi connectivity index (χ2v) is 6.64. The van der Waals surface area contributed by atoms with Crippen LogP contribution in [0.1, 0.15) is 19.4 Å². The van der Waals surface area contributed by atoms with E-state index in [4.69, 9.17) is 17.3 Å². The van der Waals surface area contributed by atoms with E-state index in [1.165, 1.54) is 15.7 Å². The predicted molar refractivity (Wildman–Crippen MR) is 79.2 cm³/mol. The Labute approximate surface area is 120 Å². The highest BCUT2D eigenvalue weighted by atomic mass is 35.5. The average Bonchev–Trinajstić information content (AvgIpc) is 2.35. The van der Waals surface area contributed by atoms with Crippen molar-refractivity contribution in [2.45, 2.75) is 20.4 Å². The van der Waals surface area contributed by atoms with Crippen molar-refractivity contribution in [3.05, 3.63) is 28.8 Å². The molecule has 19 heavy (non-hydrogen) atoms. The van der Waals surface area contributed by atoms with Crippen molar-refractivity contribution in [2.75, 3.05) is 25.9 Å². The van der Waals surface area contributed by atoms with Crippen LogP contribution in [0, 0.1) is 0 Å². The molecule has 1 aromatic carbocycles. The molecule has 7 heteroatoms. The highest BCUT2D eigenvalue weighted by molar-refractivity contribution is 7.86. The molecule has 0 heterocycles. The van der Waals surface area contributed by atoms with Crippen molar-refractivity contribution in [1.29, 1.82) is 0 Å². The Hall–Kier alpha value is -0.820. The molecular formula is C12H20ClN3O2S. The van der Waals surface area contributed by atoms with Crippen molar-refractivity contribution in [1.82, 2.24) is 8.61 Å². The van der Waals surface area contributed by atoms with Gasteiger partial charge in [0.1, 0.15) is 0 Å². The number of benzene rings is 1. The topological polar surface area (TPSA) is 66.6 Å². The van der Waals surface area contributed by atoms with Crippen LogP contribution in [-0.4, -0.2) is 37.2 Å². The standard InChI is InChI=1S/C12H20ClN3O2S/c1-4-16(5-2)19(17,18)15(3)9-10-8-11(14)6-7-12(10)13/h6-8H,4-5,9,14H2,1-3H3. The summed E-state index contributed by atoms with van der Waals surface area (Å²) in [6, 6.07) is 5.05. The first kappa shape index (κ1) is 16.2. The SMILES string of the molecule is CCN(CC)S(=O)(=O)N(C)Cc1cc(N)ccc1Cl. The van der Waals surface area contributed by atoms with E-state index in [2.05, 4.69) is 0 Å².